The molecule has 1 saturated heterocycles. The predicted octanol–water partition coefficient (Wildman–Crippen LogP) is 3.92. The van der Waals surface area contributed by atoms with E-state index in [-0.39, 0.29) is 24.2 Å². The smallest absolute Gasteiger partial charge is 0.341 e. The minimum Gasteiger partial charge on any atom is -0.452 e. The highest BCUT2D eigenvalue weighted by Crippen LogP contribution is 2.29. The predicted molar refractivity (Wildman–Crippen MR) is 123 cm³/mol. The van der Waals surface area contributed by atoms with Crippen LogP contribution in [-0.4, -0.2) is 43.0 Å². The van der Waals surface area contributed by atoms with Crippen molar-refractivity contribution in [2.24, 2.45) is 0 Å². The molecule has 0 aromatic heterocycles. The number of nitrogens with zero attached hydrogens (tertiary/aromatic N) is 4. The Kier molecular flexibility index (Phi) is 7.61. The van der Waals surface area contributed by atoms with Gasteiger partial charge in [-0.1, -0.05) is 6.07 Å². The number of carbonyl (C=O) groups is 2. The molecule has 0 radical (unpaired) electrons. The lowest BCUT2D eigenvalue weighted by Gasteiger charge is -2.23. The van der Waals surface area contributed by atoms with Gasteiger partial charge in [0.2, 0.25) is 0 Å². The van der Waals surface area contributed by atoms with Gasteiger partial charge in [0.1, 0.15) is 0 Å². The minimum atomic E-state index is -0.797. The summed E-state index contributed by atoms with van der Waals surface area (Å²) in [4.78, 5) is 39.9. The quantitative estimate of drug-likeness (QED) is 0.340. The third-order valence-electron chi connectivity index (χ3n) is 5.45. The summed E-state index contributed by atoms with van der Waals surface area (Å²) < 4.78 is 5.31. The Morgan fingerprint density at radius 1 is 1.15 bits per heavy atom. The number of anilines is 2. The van der Waals surface area contributed by atoms with Crippen LogP contribution in [0.1, 0.15) is 40.7 Å². The lowest BCUT2D eigenvalue weighted by molar-refractivity contribution is -0.384. The third kappa shape index (κ3) is 5.86. The number of hydrogen-bond acceptors (Lipinski definition) is 7. The van der Waals surface area contributed by atoms with E-state index in [1.807, 2.05) is 43.0 Å². The molecule has 9 nitrogen and oxygen atoms in total. The van der Waals surface area contributed by atoms with Gasteiger partial charge < -0.3 is 14.5 Å². The molecular formula is C24H26N4O5. The fourth-order valence-corrected chi connectivity index (χ4v) is 3.98. The van der Waals surface area contributed by atoms with E-state index in [4.69, 9.17) is 10.00 Å². The van der Waals surface area contributed by atoms with Gasteiger partial charge in [0.15, 0.2) is 6.61 Å². The molecule has 0 bridgehead atoms. The largest absolute Gasteiger partial charge is 0.452 e. The van der Waals surface area contributed by atoms with Crippen molar-refractivity contribution in [3.8, 4) is 6.07 Å². The number of hydrogen-bond donors (Lipinski definition) is 0. The Labute approximate surface area is 192 Å². The second-order valence-corrected chi connectivity index (χ2v) is 8.03. The second kappa shape index (κ2) is 10.6. The highest BCUT2D eigenvalue weighted by atomic mass is 16.6. The van der Waals surface area contributed by atoms with E-state index in [0.29, 0.717) is 11.4 Å². The number of nitro benzene ring substituents is 1. The molecule has 0 saturated carbocycles. The lowest BCUT2D eigenvalue weighted by Crippen LogP contribution is -2.35. The number of nitro groups is 1. The van der Waals surface area contributed by atoms with Crippen LogP contribution < -0.4 is 9.80 Å². The molecule has 1 aliphatic rings. The standard InChI is InChI=1S/C24H26N4O5/c1-17-12-18(2)14-20(13-17)27(11-5-8-25)23(29)16-33-24(30)21-15-19(28(31)32)6-7-22(21)26-9-3-4-10-26/h6-7,12-15H,3-5,9-11,16H2,1-2H3. The van der Waals surface area contributed by atoms with Gasteiger partial charge in [0.05, 0.1) is 28.7 Å². The van der Waals surface area contributed by atoms with E-state index < -0.39 is 23.4 Å². The molecule has 0 unspecified atom stereocenters. The molecule has 0 atom stereocenters. The maximum Gasteiger partial charge on any atom is 0.341 e. The molecule has 0 spiro atoms. The zero-order valence-corrected chi connectivity index (χ0v) is 18.7. The van der Waals surface area contributed by atoms with Gasteiger partial charge in [-0.05, 0) is 56.0 Å². The maximum absolute atomic E-state index is 12.9. The van der Waals surface area contributed by atoms with Crippen molar-refractivity contribution >= 4 is 28.9 Å². The van der Waals surface area contributed by atoms with Crippen LogP contribution in [0.25, 0.3) is 0 Å². The number of nitriles is 1. The van der Waals surface area contributed by atoms with Crippen LogP contribution in [0.4, 0.5) is 17.1 Å². The van der Waals surface area contributed by atoms with Crippen LogP contribution in [0.15, 0.2) is 36.4 Å². The first-order valence-electron chi connectivity index (χ1n) is 10.8. The van der Waals surface area contributed by atoms with Crippen molar-refractivity contribution in [2.75, 3.05) is 36.0 Å². The average molecular weight is 450 g/mol. The molecule has 9 heteroatoms. The number of benzene rings is 2. The van der Waals surface area contributed by atoms with Gasteiger partial charge in [0, 0.05) is 37.5 Å². The van der Waals surface area contributed by atoms with E-state index in [1.54, 1.807) is 6.07 Å². The van der Waals surface area contributed by atoms with E-state index >= 15 is 0 Å². The normalized spacial score (nSPS) is 12.8. The summed E-state index contributed by atoms with van der Waals surface area (Å²) in [6.07, 6.45) is 2.05. The van der Waals surface area contributed by atoms with Gasteiger partial charge in [-0.2, -0.15) is 5.26 Å². The van der Waals surface area contributed by atoms with Crippen LogP contribution in [0.2, 0.25) is 0 Å². The number of non-ortho nitro benzene ring substituents is 1. The molecule has 172 valence electrons. The van der Waals surface area contributed by atoms with Crippen LogP contribution in [0.3, 0.4) is 0 Å². The van der Waals surface area contributed by atoms with E-state index in [2.05, 4.69) is 0 Å². The zero-order valence-electron chi connectivity index (χ0n) is 18.7. The summed E-state index contributed by atoms with van der Waals surface area (Å²) in [6.45, 7) is 4.92. The van der Waals surface area contributed by atoms with Crippen LogP contribution >= 0.6 is 0 Å². The van der Waals surface area contributed by atoms with Crippen molar-refractivity contribution < 1.29 is 19.2 Å². The zero-order chi connectivity index (χ0) is 24.0. The van der Waals surface area contributed by atoms with Crippen molar-refractivity contribution in [1.29, 1.82) is 5.26 Å². The number of rotatable bonds is 8. The number of aryl methyl sites for hydroxylation is 2. The van der Waals surface area contributed by atoms with Gasteiger partial charge in [0.25, 0.3) is 11.6 Å². The summed E-state index contributed by atoms with van der Waals surface area (Å²) in [5.74, 6) is -1.27. The summed E-state index contributed by atoms with van der Waals surface area (Å²) in [5.41, 5.74) is 2.95. The minimum absolute atomic E-state index is 0.0638. The molecule has 0 N–H and O–H groups in total. The molecule has 0 aliphatic carbocycles. The van der Waals surface area contributed by atoms with Gasteiger partial charge in [-0.15, -0.1) is 0 Å². The fraction of sp³-hybridized carbons (Fsp3) is 0.375. The van der Waals surface area contributed by atoms with E-state index in [0.717, 1.165) is 37.1 Å². The maximum atomic E-state index is 12.9. The number of carbonyl (C=O) groups excluding carboxylic acids is 2. The number of ether oxygens (including phenoxy) is 1. The molecular weight excluding hydrogens is 424 g/mol. The Morgan fingerprint density at radius 2 is 1.82 bits per heavy atom. The molecule has 1 heterocycles. The lowest BCUT2D eigenvalue weighted by atomic mass is 10.1. The van der Waals surface area contributed by atoms with E-state index in [9.17, 15) is 19.7 Å². The second-order valence-electron chi connectivity index (χ2n) is 8.03. The molecule has 2 aromatic rings. The van der Waals surface area contributed by atoms with Crippen molar-refractivity contribution in [3.63, 3.8) is 0 Å². The van der Waals surface area contributed by atoms with Crippen molar-refractivity contribution in [2.45, 2.75) is 33.1 Å². The monoisotopic (exact) mass is 450 g/mol. The van der Waals surface area contributed by atoms with Gasteiger partial charge >= 0.3 is 5.97 Å². The molecule has 1 fully saturated rings. The molecule has 1 aliphatic heterocycles. The molecule has 3 rings (SSSR count). The SMILES string of the molecule is Cc1cc(C)cc(N(CCC#N)C(=O)COC(=O)c2cc([N+](=O)[O-])ccc2N2CCCC2)c1. The Hall–Kier alpha value is -3.93. The van der Waals surface area contributed by atoms with E-state index in [1.165, 1.54) is 17.0 Å². The average Bonchev–Trinajstić information content (AvgIpc) is 3.31. The summed E-state index contributed by atoms with van der Waals surface area (Å²) in [6, 6.07) is 11.8. The topological polar surface area (TPSA) is 117 Å². The number of esters is 1. The summed E-state index contributed by atoms with van der Waals surface area (Å²) in [5, 5.41) is 20.2. The fourth-order valence-electron chi connectivity index (χ4n) is 3.98. The van der Waals surface area contributed by atoms with Crippen LogP contribution in [0.5, 0.6) is 0 Å². The molecule has 2 aromatic carbocycles. The van der Waals surface area contributed by atoms with Gasteiger partial charge in [-0.25, -0.2) is 4.79 Å². The molecule has 33 heavy (non-hydrogen) atoms. The van der Waals surface area contributed by atoms with Crippen LogP contribution in [0, 0.1) is 35.3 Å². The van der Waals surface area contributed by atoms with Crippen molar-refractivity contribution in [3.05, 3.63) is 63.2 Å². The van der Waals surface area contributed by atoms with Gasteiger partial charge in [-0.3, -0.25) is 14.9 Å². The first-order valence-corrected chi connectivity index (χ1v) is 10.8. The van der Waals surface area contributed by atoms with Crippen molar-refractivity contribution in [1.82, 2.24) is 0 Å². The highest BCUT2D eigenvalue weighted by Gasteiger charge is 2.25. The Bertz CT molecular complexity index is 1080. The Balaban J connectivity index is 1.80. The highest BCUT2D eigenvalue weighted by molar-refractivity contribution is 6.00. The first kappa shape index (κ1) is 23.7. The van der Waals surface area contributed by atoms with Crippen LogP contribution in [-0.2, 0) is 9.53 Å². The first-order chi connectivity index (χ1) is 15.8. The number of amides is 1. The summed E-state index contributed by atoms with van der Waals surface area (Å²) in [7, 11) is 0. The Morgan fingerprint density at radius 3 is 2.42 bits per heavy atom. The third-order valence-corrected chi connectivity index (χ3v) is 5.45. The summed E-state index contributed by atoms with van der Waals surface area (Å²) >= 11 is 0. The molecule has 1 amide bonds.